The molecule has 5 nitrogen and oxygen atoms in total. The highest BCUT2D eigenvalue weighted by Crippen LogP contribution is 2.23. The zero-order valence-corrected chi connectivity index (χ0v) is 15.3. The fourth-order valence-corrected chi connectivity index (χ4v) is 3.64. The van der Waals surface area contributed by atoms with Crippen molar-refractivity contribution in [3.8, 4) is 0 Å². The number of hydrogen-bond donors (Lipinski definition) is 2. The fraction of sp³-hybridized carbons (Fsp3) is 0.188. The minimum atomic E-state index is -4.07. The molecule has 0 aliphatic heterocycles. The lowest BCUT2D eigenvalue weighted by molar-refractivity contribution is 0.235. The second-order valence-corrected chi connectivity index (χ2v) is 8.12. The average Bonchev–Trinajstić information content (AvgIpc) is 2.46. The van der Waals surface area contributed by atoms with E-state index in [0.717, 1.165) is 5.56 Å². The number of carbonyl (C=O) groups excluding carboxylic acids is 1. The van der Waals surface area contributed by atoms with Gasteiger partial charge >= 0.3 is 6.03 Å². The molecule has 0 aromatic heterocycles. The highest BCUT2D eigenvalue weighted by Gasteiger charge is 2.26. The van der Waals surface area contributed by atoms with Gasteiger partial charge in [-0.25, -0.2) is 17.9 Å². The molecule has 0 atom stereocenters. The monoisotopic (exact) mass is 386 g/mol. The molecule has 0 heterocycles. The lowest BCUT2D eigenvalue weighted by Crippen LogP contribution is -2.48. The predicted octanol–water partition coefficient (Wildman–Crippen LogP) is 3.92. The molecular formula is C16H16Cl2N2O3S. The van der Waals surface area contributed by atoms with Crippen LogP contribution in [-0.4, -0.2) is 14.4 Å². The maximum atomic E-state index is 12.3. The Labute approximate surface area is 151 Å². The Morgan fingerprint density at radius 1 is 1.00 bits per heavy atom. The highest BCUT2D eigenvalue weighted by molar-refractivity contribution is 7.90. The SMILES string of the molecule is CC(C)(NC(=O)NS(=O)(=O)c1ccccc1Cl)c1ccc(Cl)cc1. The molecule has 128 valence electrons. The number of nitrogens with one attached hydrogen (secondary N) is 2. The Morgan fingerprint density at radius 3 is 2.17 bits per heavy atom. The van der Waals surface area contributed by atoms with Gasteiger partial charge in [0.15, 0.2) is 0 Å². The Kier molecular flexibility index (Phi) is 5.42. The molecule has 0 aliphatic carbocycles. The summed E-state index contributed by atoms with van der Waals surface area (Å²) in [7, 11) is -4.07. The minimum absolute atomic E-state index is 0.0368. The molecule has 2 aromatic carbocycles. The Morgan fingerprint density at radius 2 is 1.58 bits per heavy atom. The van der Waals surface area contributed by atoms with Crippen LogP contribution in [0.25, 0.3) is 0 Å². The number of halogens is 2. The Hall–Kier alpha value is -1.76. The van der Waals surface area contributed by atoms with Crippen molar-refractivity contribution < 1.29 is 13.2 Å². The fourth-order valence-electron chi connectivity index (χ4n) is 2.09. The van der Waals surface area contributed by atoms with Crippen LogP contribution >= 0.6 is 23.2 Å². The van der Waals surface area contributed by atoms with Gasteiger partial charge < -0.3 is 5.32 Å². The van der Waals surface area contributed by atoms with E-state index in [2.05, 4.69) is 5.32 Å². The quantitative estimate of drug-likeness (QED) is 0.835. The largest absolute Gasteiger partial charge is 0.329 e. The lowest BCUT2D eigenvalue weighted by Gasteiger charge is -2.27. The molecule has 0 saturated carbocycles. The zero-order chi connectivity index (χ0) is 18.0. The molecule has 0 unspecified atom stereocenters. The molecule has 0 radical (unpaired) electrons. The van der Waals surface area contributed by atoms with E-state index in [-0.39, 0.29) is 9.92 Å². The van der Waals surface area contributed by atoms with Crippen molar-refractivity contribution in [2.45, 2.75) is 24.3 Å². The third-order valence-electron chi connectivity index (χ3n) is 3.35. The maximum absolute atomic E-state index is 12.3. The number of urea groups is 1. The van der Waals surface area contributed by atoms with Gasteiger partial charge in [-0.3, -0.25) is 0 Å². The molecule has 0 bridgehead atoms. The first-order chi connectivity index (χ1) is 11.1. The summed E-state index contributed by atoms with van der Waals surface area (Å²) in [5.74, 6) is 0. The van der Waals surface area contributed by atoms with Gasteiger partial charge in [0.1, 0.15) is 4.90 Å². The number of carbonyl (C=O) groups is 1. The van der Waals surface area contributed by atoms with E-state index in [1.807, 2.05) is 4.72 Å². The minimum Gasteiger partial charge on any atom is -0.328 e. The van der Waals surface area contributed by atoms with E-state index in [1.165, 1.54) is 18.2 Å². The average molecular weight is 387 g/mol. The molecular weight excluding hydrogens is 371 g/mol. The van der Waals surface area contributed by atoms with Crippen LogP contribution in [0.15, 0.2) is 53.4 Å². The van der Waals surface area contributed by atoms with Crippen molar-refractivity contribution in [3.63, 3.8) is 0 Å². The van der Waals surface area contributed by atoms with E-state index in [1.54, 1.807) is 44.2 Å². The summed E-state index contributed by atoms with van der Waals surface area (Å²) < 4.78 is 26.5. The van der Waals surface area contributed by atoms with Crippen LogP contribution < -0.4 is 10.0 Å². The first-order valence-corrected chi connectivity index (χ1v) is 9.21. The van der Waals surface area contributed by atoms with Crippen LogP contribution in [-0.2, 0) is 15.6 Å². The summed E-state index contributed by atoms with van der Waals surface area (Å²) in [5.41, 5.74) is -0.0257. The Bertz CT molecular complexity index is 850. The van der Waals surface area contributed by atoms with Crippen LogP contribution in [0.5, 0.6) is 0 Å². The molecule has 0 saturated heterocycles. The van der Waals surface area contributed by atoms with E-state index >= 15 is 0 Å². The summed E-state index contributed by atoms with van der Waals surface area (Å²) in [6.07, 6.45) is 0. The van der Waals surface area contributed by atoms with Crippen molar-refractivity contribution in [1.82, 2.24) is 10.0 Å². The summed E-state index contributed by atoms with van der Waals surface area (Å²) in [6, 6.07) is 11.9. The molecule has 2 rings (SSSR count). The maximum Gasteiger partial charge on any atom is 0.329 e. The van der Waals surface area contributed by atoms with E-state index < -0.39 is 21.6 Å². The number of sulfonamides is 1. The van der Waals surface area contributed by atoms with Crippen LogP contribution in [0, 0.1) is 0 Å². The highest BCUT2D eigenvalue weighted by atomic mass is 35.5. The third kappa shape index (κ3) is 4.41. The van der Waals surface area contributed by atoms with E-state index in [4.69, 9.17) is 23.2 Å². The number of hydrogen-bond acceptors (Lipinski definition) is 3. The van der Waals surface area contributed by atoms with Crippen molar-refractivity contribution >= 4 is 39.3 Å². The van der Waals surface area contributed by atoms with Crippen molar-refractivity contribution in [2.75, 3.05) is 0 Å². The van der Waals surface area contributed by atoms with E-state index in [9.17, 15) is 13.2 Å². The summed E-state index contributed by atoms with van der Waals surface area (Å²) >= 11 is 11.7. The van der Waals surface area contributed by atoms with Gasteiger partial charge in [0.2, 0.25) is 0 Å². The van der Waals surface area contributed by atoms with Crippen molar-refractivity contribution in [3.05, 3.63) is 64.1 Å². The first kappa shape index (κ1) is 18.6. The summed E-state index contributed by atoms with van der Waals surface area (Å²) in [4.78, 5) is 12.0. The molecule has 8 heteroatoms. The second kappa shape index (κ2) is 7.01. The van der Waals surface area contributed by atoms with Gasteiger partial charge in [-0.1, -0.05) is 47.5 Å². The van der Waals surface area contributed by atoms with Gasteiger partial charge in [0.25, 0.3) is 10.0 Å². The van der Waals surface area contributed by atoms with Crippen LogP contribution in [0.3, 0.4) is 0 Å². The van der Waals surface area contributed by atoms with Crippen LogP contribution in [0.4, 0.5) is 4.79 Å². The predicted molar refractivity (Wildman–Crippen MR) is 94.8 cm³/mol. The third-order valence-corrected chi connectivity index (χ3v) is 5.43. The van der Waals surface area contributed by atoms with Gasteiger partial charge in [0.05, 0.1) is 10.6 Å². The first-order valence-electron chi connectivity index (χ1n) is 6.97. The molecule has 2 N–H and O–H groups in total. The van der Waals surface area contributed by atoms with Gasteiger partial charge in [-0.05, 0) is 43.7 Å². The normalized spacial score (nSPS) is 11.8. The molecule has 0 aliphatic rings. The molecule has 0 spiro atoms. The lowest BCUT2D eigenvalue weighted by atomic mass is 9.95. The van der Waals surface area contributed by atoms with Crippen LogP contribution in [0.2, 0.25) is 10.0 Å². The van der Waals surface area contributed by atoms with Gasteiger partial charge in [0, 0.05) is 5.02 Å². The number of rotatable bonds is 4. The Balaban J connectivity index is 2.15. The number of amides is 2. The molecule has 2 amide bonds. The second-order valence-electron chi connectivity index (χ2n) is 5.62. The molecule has 2 aromatic rings. The van der Waals surface area contributed by atoms with Gasteiger partial charge in [-0.15, -0.1) is 0 Å². The number of benzene rings is 2. The van der Waals surface area contributed by atoms with Crippen molar-refractivity contribution in [2.24, 2.45) is 0 Å². The summed E-state index contributed by atoms with van der Waals surface area (Å²) in [5, 5.41) is 3.23. The molecule has 0 fully saturated rings. The topological polar surface area (TPSA) is 75.3 Å². The molecule has 24 heavy (non-hydrogen) atoms. The van der Waals surface area contributed by atoms with Crippen molar-refractivity contribution in [1.29, 1.82) is 0 Å². The zero-order valence-electron chi connectivity index (χ0n) is 13.0. The van der Waals surface area contributed by atoms with Gasteiger partial charge in [-0.2, -0.15) is 0 Å². The van der Waals surface area contributed by atoms with E-state index in [0.29, 0.717) is 5.02 Å². The van der Waals surface area contributed by atoms with Crippen LogP contribution in [0.1, 0.15) is 19.4 Å². The summed E-state index contributed by atoms with van der Waals surface area (Å²) in [6.45, 7) is 3.50. The standard InChI is InChI=1S/C16H16Cl2N2O3S/c1-16(2,11-7-9-12(17)10-8-11)19-15(21)20-24(22,23)14-6-4-3-5-13(14)18/h3-10H,1-2H3,(H2,19,20,21). The smallest absolute Gasteiger partial charge is 0.328 e.